The number of halogens is 2. The van der Waals surface area contributed by atoms with E-state index in [1.807, 2.05) is 24.3 Å². The highest BCUT2D eigenvalue weighted by atomic mass is 35.5. The van der Waals surface area contributed by atoms with E-state index in [0.717, 1.165) is 16.1 Å². The molecule has 0 spiro atoms. The summed E-state index contributed by atoms with van der Waals surface area (Å²) in [5.74, 6) is -0.289. The van der Waals surface area contributed by atoms with Crippen molar-refractivity contribution >= 4 is 57.2 Å². The van der Waals surface area contributed by atoms with Crippen molar-refractivity contribution in [1.29, 1.82) is 0 Å². The Labute approximate surface area is 192 Å². The Morgan fingerprint density at radius 2 is 1.94 bits per heavy atom. The third-order valence-corrected chi connectivity index (χ3v) is 5.93. The van der Waals surface area contributed by atoms with Crippen molar-refractivity contribution in [3.8, 4) is 0 Å². The van der Waals surface area contributed by atoms with Gasteiger partial charge in [-0.25, -0.2) is 0 Å². The summed E-state index contributed by atoms with van der Waals surface area (Å²) in [5, 5.41) is 16.3. The first-order chi connectivity index (χ1) is 15.1. The molecule has 0 unspecified atom stereocenters. The maximum atomic E-state index is 12.9. The quantitative estimate of drug-likeness (QED) is 0.358. The van der Waals surface area contributed by atoms with Crippen LogP contribution in [0.5, 0.6) is 0 Å². The summed E-state index contributed by atoms with van der Waals surface area (Å²) >= 11 is 13.9. The lowest BCUT2D eigenvalue weighted by molar-refractivity contribution is 0.0946. The molecule has 160 valence electrons. The molecule has 2 aromatic carbocycles. The van der Waals surface area contributed by atoms with Gasteiger partial charge in [-0.2, -0.15) is 5.10 Å². The van der Waals surface area contributed by atoms with Crippen molar-refractivity contribution in [2.24, 2.45) is 5.73 Å². The largest absolute Gasteiger partial charge is 0.379 e. The number of hydrogen-bond donors (Lipinski definition) is 3. The first kappa shape index (κ1) is 21.5. The molecule has 2 aromatic heterocycles. The van der Waals surface area contributed by atoms with Crippen LogP contribution in [-0.4, -0.2) is 31.8 Å². The van der Waals surface area contributed by atoms with Crippen LogP contribution in [0.2, 0.25) is 10.0 Å². The van der Waals surface area contributed by atoms with Crippen LogP contribution in [0.1, 0.15) is 20.9 Å². The minimum atomic E-state index is -0.289. The van der Waals surface area contributed by atoms with Gasteiger partial charge >= 0.3 is 0 Å². The number of nitrogens with two attached hydrogens (primary N) is 1. The molecule has 0 radical (unpaired) electrons. The maximum absolute atomic E-state index is 12.9. The van der Waals surface area contributed by atoms with Gasteiger partial charge in [-0.15, -0.1) is 5.10 Å². The van der Waals surface area contributed by atoms with E-state index in [2.05, 4.69) is 25.3 Å². The fourth-order valence-electron chi connectivity index (χ4n) is 3.14. The van der Waals surface area contributed by atoms with E-state index >= 15 is 0 Å². The molecular formula is C20H19Cl2N7OS. The Kier molecular flexibility index (Phi) is 6.67. The Balaban J connectivity index is 1.60. The molecule has 8 nitrogen and oxygen atoms in total. The number of aromatic nitrogens is 4. The van der Waals surface area contributed by atoms with E-state index < -0.39 is 0 Å². The molecule has 0 aliphatic carbocycles. The molecule has 4 N–H and O–H groups in total. The van der Waals surface area contributed by atoms with Crippen molar-refractivity contribution in [2.75, 3.05) is 11.9 Å². The van der Waals surface area contributed by atoms with Gasteiger partial charge in [0.1, 0.15) is 0 Å². The van der Waals surface area contributed by atoms with Crippen LogP contribution in [0.4, 0.5) is 5.69 Å². The highest BCUT2D eigenvalue weighted by molar-refractivity contribution is 7.05. The van der Waals surface area contributed by atoms with Gasteiger partial charge in [-0.3, -0.25) is 9.48 Å². The van der Waals surface area contributed by atoms with Crippen LogP contribution < -0.4 is 16.4 Å². The Morgan fingerprint density at radius 3 is 2.65 bits per heavy atom. The van der Waals surface area contributed by atoms with Gasteiger partial charge in [-0.05, 0) is 41.4 Å². The fraction of sp³-hybridized carbons (Fsp3) is 0.200. The smallest absolute Gasteiger partial charge is 0.272 e. The second-order valence-electron chi connectivity index (χ2n) is 6.73. The molecule has 31 heavy (non-hydrogen) atoms. The molecule has 0 aliphatic heterocycles. The Morgan fingerprint density at radius 1 is 1.13 bits per heavy atom. The summed E-state index contributed by atoms with van der Waals surface area (Å²) in [6.07, 6.45) is 1.70. The molecule has 0 atom stereocenters. The average Bonchev–Trinajstić information content (AvgIpc) is 3.41. The number of carbonyl (C=O) groups excluding carboxylic acids is 1. The number of amides is 1. The molecule has 1 amide bonds. The third kappa shape index (κ3) is 4.80. The highest BCUT2D eigenvalue weighted by Crippen LogP contribution is 2.33. The van der Waals surface area contributed by atoms with Gasteiger partial charge in [0.05, 0.1) is 40.4 Å². The van der Waals surface area contributed by atoms with Gasteiger partial charge < -0.3 is 16.4 Å². The van der Waals surface area contributed by atoms with Crippen LogP contribution in [0, 0.1) is 0 Å². The first-order valence-electron chi connectivity index (χ1n) is 9.48. The van der Waals surface area contributed by atoms with E-state index in [9.17, 15) is 4.79 Å². The number of nitrogens with one attached hydrogen (secondary N) is 2. The van der Waals surface area contributed by atoms with Crippen molar-refractivity contribution in [3.63, 3.8) is 0 Å². The predicted molar refractivity (Wildman–Crippen MR) is 124 cm³/mol. The summed E-state index contributed by atoms with van der Waals surface area (Å²) in [6, 6.07) is 11.0. The number of carbonyl (C=O) groups is 1. The number of nitrogens with zero attached hydrogens (tertiary/aromatic N) is 4. The van der Waals surface area contributed by atoms with Gasteiger partial charge in [0.15, 0.2) is 5.69 Å². The van der Waals surface area contributed by atoms with Gasteiger partial charge in [-0.1, -0.05) is 39.8 Å². The van der Waals surface area contributed by atoms with Crippen LogP contribution in [0.25, 0.3) is 10.9 Å². The number of fused-ring (bicyclic) bond motifs is 1. The third-order valence-electron chi connectivity index (χ3n) is 4.63. The molecule has 11 heteroatoms. The Hall–Kier alpha value is -2.72. The summed E-state index contributed by atoms with van der Waals surface area (Å²) in [7, 11) is 0. The lowest BCUT2D eigenvalue weighted by Crippen LogP contribution is -2.23. The second kappa shape index (κ2) is 9.61. The summed E-state index contributed by atoms with van der Waals surface area (Å²) in [4.78, 5) is 13.9. The van der Waals surface area contributed by atoms with E-state index in [1.165, 1.54) is 11.5 Å². The van der Waals surface area contributed by atoms with Gasteiger partial charge in [0.2, 0.25) is 0 Å². The number of hydrogen-bond acceptors (Lipinski definition) is 7. The molecule has 0 saturated carbocycles. The molecule has 0 aliphatic rings. The van der Waals surface area contributed by atoms with E-state index in [-0.39, 0.29) is 5.91 Å². The SMILES string of the molecule is NCCn1nc(C(=O)NCc2ccc(Cl)cc2)c2ccc(NCc3cnns3)c(Cl)c21. The lowest BCUT2D eigenvalue weighted by Gasteiger charge is -2.09. The van der Waals surface area contributed by atoms with Gasteiger partial charge in [0, 0.05) is 23.5 Å². The second-order valence-corrected chi connectivity index (χ2v) is 8.41. The summed E-state index contributed by atoms with van der Waals surface area (Å²) < 4.78 is 5.53. The van der Waals surface area contributed by atoms with Crippen LogP contribution in [0.3, 0.4) is 0 Å². The molecule has 0 bridgehead atoms. The summed E-state index contributed by atoms with van der Waals surface area (Å²) in [5.41, 5.74) is 8.38. The van der Waals surface area contributed by atoms with Crippen molar-refractivity contribution < 1.29 is 4.79 Å². The number of benzene rings is 2. The molecular weight excluding hydrogens is 457 g/mol. The normalized spacial score (nSPS) is 11.1. The summed E-state index contributed by atoms with van der Waals surface area (Å²) in [6.45, 7) is 1.70. The zero-order valence-electron chi connectivity index (χ0n) is 16.3. The zero-order valence-corrected chi connectivity index (χ0v) is 18.6. The van der Waals surface area contributed by atoms with Crippen molar-refractivity contribution in [2.45, 2.75) is 19.6 Å². The van der Waals surface area contributed by atoms with Crippen LogP contribution >= 0.6 is 34.7 Å². The zero-order chi connectivity index (χ0) is 21.8. The number of rotatable bonds is 8. The molecule has 0 saturated heterocycles. The predicted octanol–water partition coefficient (Wildman–Crippen LogP) is 3.70. The monoisotopic (exact) mass is 475 g/mol. The van der Waals surface area contributed by atoms with E-state index in [0.29, 0.717) is 52.8 Å². The van der Waals surface area contributed by atoms with Gasteiger partial charge in [0.25, 0.3) is 5.91 Å². The Bertz CT molecular complexity index is 1190. The molecule has 4 rings (SSSR count). The van der Waals surface area contributed by atoms with Crippen LogP contribution in [0.15, 0.2) is 42.6 Å². The average molecular weight is 476 g/mol. The number of anilines is 1. The first-order valence-corrected chi connectivity index (χ1v) is 11.0. The molecule has 0 fully saturated rings. The maximum Gasteiger partial charge on any atom is 0.272 e. The van der Waals surface area contributed by atoms with E-state index in [1.54, 1.807) is 23.0 Å². The van der Waals surface area contributed by atoms with Crippen molar-refractivity contribution in [3.05, 3.63) is 68.8 Å². The highest BCUT2D eigenvalue weighted by Gasteiger charge is 2.20. The lowest BCUT2D eigenvalue weighted by atomic mass is 10.1. The molecule has 2 heterocycles. The van der Waals surface area contributed by atoms with E-state index in [4.69, 9.17) is 28.9 Å². The van der Waals surface area contributed by atoms with Crippen LogP contribution in [-0.2, 0) is 19.6 Å². The topological polar surface area (TPSA) is 111 Å². The fourth-order valence-corrected chi connectivity index (χ4v) is 4.02. The minimum Gasteiger partial charge on any atom is -0.379 e. The standard InChI is InChI=1S/C20H19Cl2N7OS/c21-13-3-1-12(2-4-13)9-25-20(30)18-15-5-6-16(24-10-14-11-26-28-31-14)17(22)19(15)29(27-18)8-7-23/h1-6,11,24H,7-10,23H2,(H,25,30). The minimum absolute atomic E-state index is 0.289. The molecule has 4 aromatic rings. The van der Waals surface area contributed by atoms with Crippen molar-refractivity contribution in [1.82, 2.24) is 24.7 Å².